The summed E-state index contributed by atoms with van der Waals surface area (Å²) in [6.45, 7) is 0. The average Bonchev–Trinajstić information content (AvgIpc) is 2.30. The van der Waals surface area contributed by atoms with E-state index < -0.39 is 4.92 Å². The molecule has 5 heteroatoms. The molecule has 1 aliphatic carbocycles. The number of rotatable bonds is 2. The van der Waals surface area contributed by atoms with Gasteiger partial charge in [0.25, 0.3) is 5.69 Å². The molecule has 1 aromatic carbocycles. The third-order valence-corrected chi connectivity index (χ3v) is 3.18. The first-order valence-corrected chi connectivity index (χ1v) is 5.66. The Morgan fingerprint density at radius 1 is 1.35 bits per heavy atom. The van der Waals surface area contributed by atoms with Crippen molar-refractivity contribution in [2.24, 2.45) is 0 Å². The predicted molar refractivity (Wildman–Crippen MR) is 63.7 cm³/mol. The van der Waals surface area contributed by atoms with Gasteiger partial charge >= 0.3 is 0 Å². The number of hydrogen-bond acceptors (Lipinski definition) is 4. The standard InChI is InChI=1S/C12H14N2O3/c13-8-5-6-9(11(7-8)14(16)17)10-3-1-2-4-12(10)15/h5-7,10H,1-4,13H2/t10-/m0/s1. The Hall–Kier alpha value is -1.91. The van der Waals surface area contributed by atoms with E-state index >= 15 is 0 Å². The minimum absolute atomic E-state index is 0.0368. The summed E-state index contributed by atoms with van der Waals surface area (Å²) in [5, 5.41) is 11.0. The smallest absolute Gasteiger partial charge is 0.275 e. The van der Waals surface area contributed by atoms with Crippen LogP contribution in [0.2, 0.25) is 0 Å². The third-order valence-electron chi connectivity index (χ3n) is 3.18. The van der Waals surface area contributed by atoms with Gasteiger partial charge in [-0.3, -0.25) is 14.9 Å². The molecule has 90 valence electrons. The largest absolute Gasteiger partial charge is 0.399 e. The second kappa shape index (κ2) is 4.53. The van der Waals surface area contributed by atoms with Crippen molar-refractivity contribution in [1.29, 1.82) is 0 Å². The summed E-state index contributed by atoms with van der Waals surface area (Å²) in [5.41, 5.74) is 6.36. The number of nitrogens with two attached hydrogens (primary N) is 1. The number of benzene rings is 1. The van der Waals surface area contributed by atoms with E-state index in [0.29, 0.717) is 24.1 Å². The Morgan fingerprint density at radius 2 is 2.12 bits per heavy atom. The fraction of sp³-hybridized carbons (Fsp3) is 0.417. The Morgan fingerprint density at radius 3 is 2.76 bits per heavy atom. The molecule has 1 fully saturated rings. The Balaban J connectivity index is 2.43. The van der Waals surface area contributed by atoms with E-state index in [1.165, 1.54) is 6.07 Å². The number of nitro benzene ring substituents is 1. The monoisotopic (exact) mass is 234 g/mol. The molecule has 2 rings (SSSR count). The molecule has 0 aliphatic heterocycles. The summed E-state index contributed by atoms with van der Waals surface area (Å²) < 4.78 is 0. The Labute approximate surface area is 98.8 Å². The van der Waals surface area contributed by atoms with Gasteiger partial charge in [0, 0.05) is 29.7 Å². The molecule has 2 N–H and O–H groups in total. The first-order valence-electron chi connectivity index (χ1n) is 5.66. The van der Waals surface area contributed by atoms with Crippen molar-refractivity contribution in [2.45, 2.75) is 31.6 Å². The highest BCUT2D eigenvalue weighted by Crippen LogP contribution is 2.35. The third kappa shape index (κ3) is 2.27. The van der Waals surface area contributed by atoms with Crippen molar-refractivity contribution in [3.8, 4) is 0 Å². The minimum Gasteiger partial charge on any atom is -0.399 e. The maximum Gasteiger partial charge on any atom is 0.275 e. The van der Waals surface area contributed by atoms with E-state index in [1.54, 1.807) is 12.1 Å². The van der Waals surface area contributed by atoms with Gasteiger partial charge in [-0.25, -0.2) is 0 Å². The topological polar surface area (TPSA) is 86.2 Å². The van der Waals surface area contributed by atoms with E-state index in [2.05, 4.69) is 0 Å². The Bertz CT molecular complexity index is 471. The molecule has 0 amide bonds. The van der Waals surface area contributed by atoms with Gasteiger partial charge in [-0.15, -0.1) is 0 Å². The highest BCUT2D eigenvalue weighted by Gasteiger charge is 2.29. The van der Waals surface area contributed by atoms with Gasteiger partial charge in [0.1, 0.15) is 5.78 Å². The molecule has 1 atom stereocenters. The summed E-state index contributed by atoms with van der Waals surface area (Å²) in [4.78, 5) is 22.3. The van der Waals surface area contributed by atoms with Crippen LogP contribution >= 0.6 is 0 Å². The maximum absolute atomic E-state index is 11.8. The predicted octanol–water partition coefficient (Wildman–Crippen LogP) is 2.40. The molecule has 0 spiro atoms. The van der Waals surface area contributed by atoms with Gasteiger partial charge in [-0.1, -0.05) is 6.42 Å². The lowest BCUT2D eigenvalue weighted by Crippen LogP contribution is -2.18. The van der Waals surface area contributed by atoms with Gasteiger partial charge in [0.15, 0.2) is 0 Å². The highest BCUT2D eigenvalue weighted by atomic mass is 16.6. The van der Waals surface area contributed by atoms with Crippen LogP contribution in [0.25, 0.3) is 0 Å². The van der Waals surface area contributed by atoms with Crippen LogP contribution in [-0.2, 0) is 4.79 Å². The quantitative estimate of drug-likeness (QED) is 0.483. The normalized spacial score (nSPS) is 20.2. The second-order valence-electron chi connectivity index (χ2n) is 4.34. The van der Waals surface area contributed by atoms with Gasteiger partial charge in [0.2, 0.25) is 0 Å². The van der Waals surface area contributed by atoms with Crippen LogP contribution in [0.5, 0.6) is 0 Å². The SMILES string of the molecule is Nc1ccc([C@@H]2CCCCC2=O)c([N+](=O)[O-])c1. The molecule has 17 heavy (non-hydrogen) atoms. The molecule has 1 aromatic rings. The second-order valence-corrected chi connectivity index (χ2v) is 4.34. The number of hydrogen-bond donors (Lipinski definition) is 1. The van der Waals surface area contributed by atoms with Crippen molar-refractivity contribution in [3.63, 3.8) is 0 Å². The number of carbonyl (C=O) groups is 1. The zero-order chi connectivity index (χ0) is 12.4. The molecule has 5 nitrogen and oxygen atoms in total. The molecule has 0 saturated heterocycles. The zero-order valence-electron chi connectivity index (χ0n) is 9.39. The number of nitrogens with zero attached hydrogens (tertiary/aromatic N) is 1. The number of nitro groups is 1. The fourth-order valence-corrected chi connectivity index (χ4v) is 2.33. The molecule has 1 aliphatic rings. The van der Waals surface area contributed by atoms with E-state index in [1.807, 2.05) is 0 Å². The first kappa shape index (κ1) is 11.6. The molecule has 0 aromatic heterocycles. The van der Waals surface area contributed by atoms with Crippen molar-refractivity contribution in [1.82, 2.24) is 0 Å². The molecular weight excluding hydrogens is 220 g/mol. The molecular formula is C12H14N2O3. The molecule has 0 unspecified atom stereocenters. The maximum atomic E-state index is 11.8. The van der Waals surface area contributed by atoms with Gasteiger partial charge < -0.3 is 5.73 Å². The lowest BCUT2D eigenvalue weighted by molar-refractivity contribution is -0.385. The number of carbonyl (C=O) groups excluding carboxylic acids is 1. The van der Waals surface area contributed by atoms with Crippen molar-refractivity contribution in [2.75, 3.05) is 5.73 Å². The zero-order valence-corrected chi connectivity index (χ0v) is 9.39. The van der Waals surface area contributed by atoms with Crippen LogP contribution in [-0.4, -0.2) is 10.7 Å². The summed E-state index contributed by atoms with van der Waals surface area (Å²) >= 11 is 0. The minimum atomic E-state index is -0.465. The van der Waals surface area contributed by atoms with Gasteiger partial charge in [0.05, 0.1) is 4.92 Å². The lowest BCUT2D eigenvalue weighted by atomic mass is 9.82. The fourth-order valence-electron chi connectivity index (χ4n) is 2.33. The molecule has 0 heterocycles. The Kier molecular flexibility index (Phi) is 3.08. The molecule has 1 saturated carbocycles. The van der Waals surface area contributed by atoms with Crippen LogP contribution in [0.15, 0.2) is 18.2 Å². The van der Waals surface area contributed by atoms with Crippen LogP contribution < -0.4 is 5.73 Å². The first-order chi connectivity index (χ1) is 8.09. The highest BCUT2D eigenvalue weighted by molar-refractivity contribution is 5.87. The van der Waals surface area contributed by atoms with E-state index in [0.717, 1.165) is 12.8 Å². The van der Waals surface area contributed by atoms with Crippen molar-refractivity contribution < 1.29 is 9.72 Å². The summed E-state index contributed by atoms with van der Waals surface area (Å²) in [6, 6.07) is 4.56. The van der Waals surface area contributed by atoms with E-state index in [9.17, 15) is 14.9 Å². The van der Waals surface area contributed by atoms with Gasteiger partial charge in [-0.2, -0.15) is 0 Å². The number of ketones is 1. The van der Waals surface area contributed by atoms with Crippen molar-refractivity contribution >= 4 is 17.2 Å². The summed E-state index contributed by atoms with van der Waals surface area (Å²) in [5.74, 6) is -0.228. The summed E-state index contributed by atoms with van der Waals surface area (Å²) in [7, 11) is 0. The van der Waals surface area contributed by atoms with E-state index in [4.69, 9.17) is 5.73 Å². The van der Waals surface area contributed by atoms with Crippen LogP contribution in [0.3, 0.4) is 0 Å². The number of Topliss-reactive ketones (excluding diaryl/α,β-unsaturated/α-hetero) is 1. The molecule has 0 bridgehead atoms. The van der Waals surface area contributed by atoms with Crippen LogP contribution in [0.4, 0.5) is 11.4 Å². The summed E-state index contributed by atoms with van der Waals surface area (Å²) in [6.07, 6.45) is 3.05. The lowest BCUT2D eigenvalue weighted by Gasteiger charge is -2.20. The average molecular weight is 234 g/mol. The van der Waals surface area contributed by atoms with Crippen molar-refractivity contribution in [3.05, 3.63) is 33.9 Å². The number of anilines is 1. The molecule has 0 radical (unpaired) electrons. The van der Waals surface area contributed by atoms with Crippen LogP contribution in [0, 0.1) is 10.1 Å². The van der Waals surface area contributed by atoms with Gasteiger partial charge in [-0.05, 0) is 25.0 Å². The number of nitrogen functional groups attached to an aromatic ring is 1. The van der Waals surface area contributed by atoms with E-state index in [-0.39, 0.29) is 17.4 Å². The van der Waals surface area contributed by atoms with Crippen LogP contribution in [0.1, 0.15) is 37.2 Å².